The number of nitrogens with one attached hydrogen (secondary N) is 1. The standard InChI is InChI=1S/C8H18NP.C7H13F.2C2H6/c1-6(2)7-4-9-5-8(7,3)10;1-6-4-3-5-7(6,2)8;2*1-2/h6-7,9H,4-5,10H2,1-3H3;6H,3-5H2,1-2H3;2*1-2H3. The third kappa shape index (κ3) is 8.25. The predicted molar refractivity (Wildman–Crippen MR) is 105 cm³/mol. The topological polar surface area (TPSA) is 12.0 Å². The average Bonchev–Trinajstić information content (AvgIpc) is 2.97. The minimum absolute atomic E-state index is 0.294. The van der Waals surface area contributed by atoms with Gasteiger partial charge in [-0.25, -0.2) is 4.39 Å². The first-order chi connectivity index (χ1) is 10.2. The minimum Gasteiger partial charge on any atom is -0.316 e. The molecule has 1 heterocycles. The number of hydrogen-bond acceptors (Lipinski definition) is 1. The van der Waals surface area contributed by atoms with Gasteiger partial charge in [0, 0.05) is 6.54 Å². The molecule has 0 aromatic carbocycles. The molecule has 0 spiro atoms. The summed E-state index contributed by atoms with van der Waals surface area (Å²) in [5, 5.41) is 3.86. The van der Waals surface area contributed by atoms with Crippen LogP contribution in [-0.2, 0) is 0 Å². The van der Waals surface area contributed by atoms with Gasteiger partial charge in [0.1, 0.15) is 5.67 Å². The lowest BCUT2D eigenvalue weighted by Crippen LogP contribution is -2.29. The molecule has 2 rings (SSSR count). The molecular weight excluding hydrogens is 292 g/mol. The molecule has 0 amide bonds. The molecule has 5 atom stereocenters. The molecule has 2 fully saturated rings. The van der Waals surface area contributed by atoms with E-state index < -0.39 is 5.67 Å². The summed E-state index contributed by atoms with van der Waals surface area (Å²) < 4.78 is 13.0. The average molecular weight is 336 g/mol. The van der Waals surface area contributed by atoms with Gasteiger partial charge < -0.3 is 5.32 Å². The molecule has 5 unspecified atom stereocenters. The van der Waals surface area contributed by atoms with Crippen LogP contribution in [0.15, 0.2) is 0 Å². The maximum Gasteiger partial charge on any atom is 0.110 e. The van der Waals surface area contributed by atoms with Crippen LogP contribution in [0.3, 0.4) is 0 Å². The summed E-state index contributed by atoms with van der Waals surface area (Å²) in [6.45, 7) is 21.0. The molecule has 1 nitrogen and oxygen atoms in total. The summed E-state index contributed by atoms with van der Waals surface area (Å²) in [6.07, 6.45) is 2.93. The fourth-order valence-electron chi connectivity index (χ4n) is 3.16. The molecule has 1 aliphatic carbocycles. The Balaban J connectivity index is 0. The maximum absolute atomic E-state index is 13.0. The van der Waals surface area contributed by atoms with E-state index in [1.165, 1.54) is 6.54 Å². The molecule has 1 N–H and O–H groups in total. The van der Waals surface area contributed by atoms with E-state index in [4.69, 9.17) is 0 Å². The van der Waals surface area contributed by atoms with Crippen molar-refractivity contribution in [3.8, 4) is 0 Å². The van der Waals surface area contributed by atoms with Crippen LogP contribution < -0.4 is 5.32 Å². The first-order valence-electron chi connectivity index (χ1n) is 9.35. The lowest BCUT2D eigenvalue weighted by atomic mass is 9.87. The molecule has 2 aliphatic rings. The second-order valence-electron chi connectivity index (χ2n) is 7.06. The van der Waals surface area contributed by atoms with Crippen LogP contribution in [0.4, 0.5) is 4.39 Å². The molecule has 0 aromatic rings. The van der Waals surface area contributed by atoms with Gasteiger partial charge in [-0.1, -0.05) is 55.4 Å². The summed E-state index contributed by atoms with van der Waals surface area (Å²) in [7, 11) is 2.98. The van der Waals surface area contributed by atoms with Crippen LogP contribution in [0, 0.1) is 17.8 Å². The van der Waals surface area contributed by atoms with Crippen molar-refractivity contribution in [2.45, 2.75) is 92.4 Å². The van der Waals surface area contributed by atoms with Crippen molar-refractivity contribution in [2.75, 3.05) is 13.1 Å². The van der Waals surface area contributed by atoms with Gasteiger partial charge in [-0.3, -0.25) is 0 Å². The fraction of sp³-hybridized carbons (Fsp3) is 1.00. The first-order valence-corrected chi connectivity index (χ1v) is 9.93. The Morgan fingerprint density at radius 1 is 1.14 bits per heavy atom. The molecule has 1 aliphatic heterocycles. The van der Waals surface area contributed by atoms with E-state index in [1.54, 1.807) is 6.92 Å². The van der Waals surface area contributed by atoms with Gasteiger partial charge in [0.15, 0.2) is 0 Å². The van der Waals surface area contributed by atoms with Gasteiger partial charge in [-0.05, 0) is 55.6 Å². The molecule has 22 heavy (non-hydrogen) atoms. The highest BCUT2D eigenvalue weighted by atomic mass is 31.0. The molecule has 3 heteroatoms. The highest BCUT2D eigenvalue weighted by Crippen LogP contribution is 2.38. The molecule has 1 saturated carbocycles. The third-order valence-corrected chi connectivity index (χ3v) is 5.48. The van der Waals surface area contributed by atoms with Crippen LogP contribution in [0.5, 0.6) is 0 Å². The smallest absolute Gasteiger partial charge is 0.110 e. The molecule has 136 valence electrons. The SMILES string of the molecule is CC.CC.CC(C)C1CNCC1(C)P.CC1CCCC1(C)F. The van der Waals surface area contributed by atoms with Crippen LogP contribution >= 0.6 is 9.24 Å². The Morgan fingerprint density at radius 2 is 1.64 bits per heavy atom. The van der Waals surface area contributed by atoms with E-state index in [9.17, 15) is 4.39 Å². The number of halogens is 1. The van der Waals surface area contributed by atoms with Crippen LogP contribution in [-0.4, -0.2) is 23.9 Å². The Morgan fingerprint density at radius 3 is 1.77 bits per heavy atom. The third-order valence-electron chi connectivity index (χ3n) is 4.85. The summed E-state index contributed by atoms with van der Waals surface area (Å²) in [6, 6.07) is 0. The van der Waals surface area contributed by atoms with Gasteiger partial charge in [-0.2, -0.15) is 0 Å². The first kappa shape index (κ1) is 24.6. The highest BCUT2D eigenvalue weighted by Gasteiger charge is 2.36. The lowest BCUT2D eigenvalue weighted by Gasteiger charge is -2.28. The van der Waals surface area contributed by atoms with Crippen molar-refractivity contribution in [2.24, 2.45) is 17.8 Å². The van der Waals surface area contributed by atoms with Crippen molar-refractivity contribution < 1.29 is 4.39 Å². The minimum atomic E-state index is -0.847. The van der Waals surface area contributed by atoms with E-state index in [1.807, 2.05) is 34.6 Å². The normalized spacial score (nSPS) is 36.5. The van der Waals surface area contributed by atoms with Crippen molar-refractivity contribution in [1.82, 2.24) is 5.32 Å². The van der Waals surface area contributed by atoms with E-state index in [-0.39, 0.29) is 0 Å². The number of rotatable bonds is 1. The van der Waals surface area contributed by atoms with Gasteiger partial charge >= 0.3 is 0 Å². The zero-order valence-electron chi connectivity index (χ0n) is 16.7. The maximum atomic E-state index is 13.0. The van der Waals surface area contributed by atoms with E-state index in [0.29, 0.717) is 11.1 Å². The van der Waals surface area contributed by atoms with Gasteiger partial charge in [0.25, 0.3) is 0 Å². The lowest BCUT2D eigenvalue weighted by molar-refractivity contribution is 0.144. The fourth-order valence-corrected chi connectivity index (χ4v) is 3.81. The summed E-state index contributed by atoms with van der Waals surface area (Å²) >= 11 is 0. The Hall–Kier alpha value is 0.320. The quantitative estimate of drug-likeness (QED) is 0.572. The Kier molecular flexibility index (Phi) is 13.2. The monoisotopic (exact) mass is 335 g/mol. The van der Waals surface area contributed by atoms with Crippen molar-refractivity contribution in [1.29, 1.82) is 0 Å². The molecule has 0 aromatic heterocycles. The highest BCUT2D eigenvalue weighted by molar-refractivity contribution is 7.19. The van der Waals surface area contributed by atoms with Crippen molar-refractivity contribution in [3.05, 3.63) is 0 Å². The van der Waals surface area contributed by atoms with Gasteiger partial charge in [0.2, 0.25) is 0 Å². The molecular formula is C19H43FNP. The van der Waals surface area contributed by atoms with E-state index in [2.05, 4.69) is 35.3 Å². The largest absolute Gasteiger partial charge is 0.316 e. The number of hydrogen-bond donors (Lipinski definition) is 1. The zero-order valence-corrected chi connectivity index (χ0v) is 17.9. The second kappa shape index (κ2) is 11.8. The van der Waals surface area contributed by atoms with Crippen LogP contribution in [0.2, 0.25) is 0 Å². The Labute approximate surface area is 142 Å². The van der Waals surface area contributed by atoms with E-state index in [0.717, 1.165) is 37.6 Å². The van der Waals surface area contributed by atoms with Crippen LogP contribution in [0.25, 0.3) is 0 Å². The Bertz CT molecular complexity index is 264. The summed E-state index contributed by atoms with van der Waals surface area (Å²) in [4.78, 5) is 0. The predicted octanol–water partition coefficient (Wildman–Crippen LogP) is 6.08. The van der Waals surface area contributed by atoms with Gasteiger partial charge in [0.05, 0.1) is 0 Å². The molecule has 0 radical (unpaired) electrons. The molecule has 0 bridgehead atoms. The summed E-state index contributed by atoms with van der Waals surface area (Å²) in [5.41, 5.74) is -0.847. The second-order valence-corrected chi connectivity index (χ2v) is 8.38. The van der Waals surface area contributed by atoms with Gasteiger partial charge in [-0.15, -0.1) is 9.24 Å². The molecule has 1 saturated heterocycles. The van der Waals surface area contributed by atoms with Crippen LogP contribution in [0.1, 0.15) is 81.6 Å². The van der Waals surface area contributed by atoms with Crippen molar-refractivity contribution in [3.63, 3.8) is 0 Å². The summed E-state index contributed by atoms with van der Waals surface area (Å²) in [5.74, 6) is 1.93. The van der Waals surface area contributed by atoms with E-state index >= 15 is 0 Å². The zero-order chi connectivity index (χ0) is 18.0. The number of alkyl halides is 1. The van der Waals surface area contributed by atoms with Crippen molar-refractivity contribution >= 4 is 9.24 Å².